The van der Waals surface area contributed by atoms with Crippen molar-refractivity contribution in [3.8, 4) is 0 Å². The van der Waals surface area contributed by atoms with Gasteiger partial charge in [0, 0.05) is 37.7 Å². The van der Waals surface area contributed by atoms with Crippen LogP contribution in [-0.4, -0.2) is 137 Å². The van der Waals surface area contributed by atoms with Crippen LogP contribution in [0.25, 0.3) is 0 Å². The van der Waals surface area contributed by atoms with Crippen LogP contribution in [0.4, 0.5) is 4.79 Å². The topological polar surface area (TPSA) is 230 Å². The third-order valence-electron chi connectivity index (χ3n) is 10.6. The highest BCUT2D eigenvalue weighted by Gasteiger charge is 2.40. The molecule has 0 aliphatic carbocycles. The Kier molecular flexibility index (Phi) is 37.1. The van der Waals surface area contributed by atoms with E-state index in [-0.39, 0.29) is 60.0 Å². The van der Waals surface area contributed by atoms with Crippen molar-refractivity contribution >= 4 is 18.5 Å². The van der Waals surface area contributed by atoms with Gasteiger partial charge < -0.3 is 50.7 Å². The molecule has 0 radical (unpaired) electrons. The smallest absolute Gasteiger partial charge is 0.410 e. The Morgan fingerprint density at radius 1 is 0.897 bits per heavy atom. The number of nitrogens with zero attached hydrogens (tertiary/aromatic N) is 3. The molecule has 3 aromatic rings. The zero-order valence-corrected chi connectivity index (χ0v) is 42.4. The SMILES string of the molecule is C=CCC[C@@H](O)CN(O)Cc1ccccc1.C=CCC[C@@H]1CO1.CCO.C[C@@H]1CC[C@@H](O)CN1C(=O)OC(C)(C)C.C[C@@H]1CC[C@@H](O)C[N@@+]1(O)Cc1ccccc1.Cl.O.ONCc1ccccc1. The first-order chi connectivity index (χ1) is 31.4. The molecule has 6 rings (SSSR count). The predicted molar refractivity (Wildman–Crippen MR) is 271 cm³/mol. The highest BCUT2D eigenvalue weighted by Crippen LogP contribution is 2.26. The first-order valence-corrected chi connectivity index (χ1v) is 23.4. The van der Waals surface area contributed by atoms with Crippen LogP contribution in [0.1, 0.15) is 110 Å². The van der Waals surface area contributed by atoms with Crippen LogP contribution in [0.2, 0.25) is 0 Å². The Morgan fingerprint density at radius 3 is 1.88 bits per heavy atom. The van der Waals surface area contributed by atoms with E-state index in [2.05, 4.69) is 25.6 Å². The minimum absolute atomic E-state index is 0. The number of nitrogens with one attached hydrogen (secondary N) is 1. The molecule has 0 aromatic heterocycles. The second-order valence-corrected chi connectivity index (χ2v) is 17.9. The molecule has 10 N–H and O–H groups in total. The first kappa shape index (κ1) is 66.3. The number of benzene rings is 3. The summed E-state index contributed by atoms with van der Waals surface area (Å²) in [5.41, 5.74) is 4.84. The zero-order chi connectivity index (χ0) is 49.4. The van der Waals surface area contributed by atoms with Gasteiger partial charge in [0.25, 0.3) is 0 Å². The summed E-state index contributed by atoms with van der Waals surface area (Å²) in [6, 6.07) is 29.7. The van der Waals surface area contributed by atoms with Crippen LogP contribution in [0.15, 0.2) is 116 Å². The van der Waals surface area contributed by atoms with Crippen molar-refractivity contribution in [2.45, 2.75) is 155 Å². The number of amides is 1. The van der Waals surface area contributed by atoms with E-state index in [1.807, 2.05) is 125 Å². The number of β-amino-alcohol motifs (C(OH)–C–C–N with tert-alkyl or cyclic N) is 1. The maximum Gasteiger partial charge on any atom is 0.410 e. The van der Waals surface area contributed by atoms with E-state index < -0.39 is 17.8 Å². The van der Waals surface area contributed by atoms with Gasteiger partial charge in [-0.1, -0.05) is 103 Å². The second kappa shape index (κ2) is 38.0. The van der Waals surface area contributed by atoms with E-state index in [1.54, 1.807) is 17.9 Å². The number of carbonyl (C=O) groups excluding carboxylic acids is 1. The number of hydrogen-bond donors (Lipinski definition) is 8. The summed E-state index contributed by atoms with van der Waals surface area (Å²) in [6.07, 6.45) is 9.62. The summed E-state index contributed by atoms with van der Waals surface area (Å²) in [5.74, 6) is 0. The fraction of sp³-hybridized carbons (Fsp3) is 0.558. The third kappa shape index (κ3) is 32.1. The van der Waals surface area contributed by atoms with E-state index in [0.29, 0.717) is 45.2 Å². The van der Waals surface area contributed by atoms with Crippen molar-refractivity contribution in [1.29, 1.82) is 0 Å². The van der Waals surface area contributed by atoms with Gasteiger partial charge in [-0.25, -0.2) is 15.5 Å². The van der Waals surface area contributed by atoms with Gasteiger partial charge in [-0.3, -0.25) is 0 Å². The zero-order valence-electron chi connectivity index (χ0n) is 41.6. The molecule has 3 saturated heterocycles. The predicted octanol–water partition coefficient (Wildman–Crippen LogP) is 8.02. The molecule has 0 unspecified atom stereocenters. The average molecular weight is 981 g/mol. The van der Waals surface area contributed by atoms with E-state index in [0.717, 1.165) is 66.9 Å². The van der Waals surface area contributed by atoms with Gasteiger partial charge in [0.1, 0.15) is 30.8 Å². The standard InChI is InChI=1S/C13H20NO2.C13H19NO2.C11H21NO3.C7H9NO.C6H10O.C2H6O.ClH.H2O/c1-11-7-8-13(15)10-14(11,16)9-12-5-3-2-4-6-12;1-2-3-9-13(15)11-14(16)10-12-7-5-4-6-8-12;1-8-5-6-9(13)7-12(8)10(14)15-11(2,3)4;9-8-6-7-4-2-1-3-5-7;1-2-3-4-6-5-7-6;1-2-3;;/h2-6,11,13,15-16H,7-10H2,1H3;2,4-8,13,15-16H,1,3,9-11H2;8-9,13H,5-7H2,1-4H3;1-5,8-9H,6H2;2,6H,1,3-5H2;3H,2H2,1H3;1H;1H2/q+1;;;;;;;/t11-,13-,14+;13-;8-,9-;;6-;;;/m111.1.../s1. The lowest BCUT2D eigenvalue weighted by molar-refractivity contribution is -1.13. The maximum atomic E-state index is 11.8. The number of allylic oxidation sites excluding steroid dienone is 2. The molecule has 0 spiro atoms. The fourth-order valence-corrected chi connectivity index (χ4v) is 6.82. The van der Waals surface area contributed by atoms with Gasteiger partial charge >= 0.3 is 6.09 Å². The number of aliphatic hydroxyl groups excluding tert-OH is 4. The number of hydroxylamine groups is 6. The van der Waals surface area contributed by atoms with Crippen LogP contribution in [0, 0.1) is 0 Å². The highest BCUT2D eigenvalue weighted by molar-refractivity contribution is 5.85. The molecule has 7 atom stereocenters. The van der Waals surface area contributed by atoms with Crippen molar-refractivity contribution < 1.29 is 60.4 Å². The highest BCUT2D eigenvalue weighted by atomic mass is 35.5. The molecule has 0 bridgehead atoms. The molecule has 388 valence electrons. The first-order valence-electron chi connectivity index (χ1n) is 23.4. The molecule has 3 heterocycles. The Hall–Kier alpha value is -3.78. The van der Waals surface area contributed by atoms with Gasteiger partial charge in [-0.05, 0) is 97.6 Å². The molecule has 0 saturated carbocycles. The lowest BCUT2D eigenvalue weighted by Gasteiger charge is -2.41. The van der Waals surface area contributed by atoms with E-state index in [4.69, 9.17) is 19.8 Å². The van der Waals surface area contributed by atoms with Crippen molar-refractivity contribution in [3.63, 3.8) is 0 Å². The van der Waals surface area contributed by atoms with Crippen molar-refractivity contribution in [2.75, 3.05) is 32.8 Å². The number of ether oxygens (including phenoxy) is 2. The molecule has 15 nitrogen and oxygen atoms in total. The summed E-state index contributed by atoms with van der Waals surface area (Å²) in [4.78, 5) is 13.4. The lowest BCUT2D eigenvalue weighted by Crippen LogP contribution is -2.57. The number of epoxide rings is 1. The average Bonchev–Trinajstić information content (AvgIpc) is 4.11. The van der Waals surface area contributed by atoms with Crippen LogP contribution < -0.4 is 5.48 Å². The fourth-order valence-electron chi connectivity index (χ4n) is 6.82. The van der Waals surface area contributed by atoms with Crippen molar-refractivity contribution in [2.24, 2.45) is 0 Å². The number of piperidine rings is 2. The van der Waals surface area contributed by atoms with Gasteiger partial charge in [0.05, 0.1) is 38.0 Å². The van der Waals surface area contributed by atoms with E-state index in [1.165, 1.54) is 6.42 Å². The van der Waals surface area contributed by atoms with Crippen molar-refractivity contribution in [3.05, 3.63) is 133 Å². The molecule has 68 heavy (non-hydrogen) atoms. The molecule has 3 aromatic carbocycles. The van der Waals surface area contributed by atoms with E-state index in [9.17, 15) is 30.5 Å². The molecular formula is C52H88ClN4O11+. The molecule has 1 amide bonds. The Labute approximate surface area is 413 Å². The molecule has 3 fully saturated rings. The summed E-state index contributed by atoms with van der Waals surface area (Å²) in [7, 11) is 0. The lowest BCUT2D eigenvalue weighted by atomic mass is 9.99. The van der Waals surface area contributed by atoms with Crippen molar-refractivity contribution in [1.82, 2.24) is 15.4 Å². The maximum absolute atomic E-state index is 11.8. The summed E-state index contributed by atoms with van der Waals surface area (Å²) in [5, 5.41) is 65.9. The second-order valence-electron chi connectivity index (χ2n) is 17.9. The molecule has 3 aliphatic rings. The summed E-state index contributed by atoms with van der Waals surface area (Å²) >= 11 is 0. The molecular weight excluding hydrogens is 892 g/mol. The quantitative estimate of drug-likeness (QED) is 0.0332. The van der Waals surface area contributed by atoms with E-state index >= 15 is 0 Å². The molecule has 3 aliphatic heterocycles. The minimum Gasteiger partial charge on any atom is -0.444 e. The summed E-state index contributed by atoms with van der Waals surface area (Å²) < 4.78 is 10.2. The van der Waals surface area contributed by atoms with Crippen LogP contribution in [0.3, 0.4) is 0 Å². The van der Waals surface area contributed by atoms with Crippen LogP contribution in [-0.2, 0) is 29.1 Å². The monoisotopic (exact) mass is 980 g/mol. The number of halogens is 1. The third-order valence-corrected chi connectivity index (χ3v) is 10.6. The number of rotatable bonds is 14. The largest absolute Gasteiger partial charge is 0.444 e. The van der Waals surface area contributed by atoms with Gasteiger partial charge in [-0.2, -0.15) is 9.71 Å². The number of hydrogen-bond acceptors (Lipinski definition) is 12. The van der Waals surface area contributed by atoms with Gasteiger partial charge in [0.15, 0.2) is 0 Å². The minimum atomic E-state index is -0.508. The Bertz CT molecular complexity index is 1680. The van der Waals surface area contributed by atoms with Gasteiger partial charge in [0.2, 0.25) is 0 Å². The number of aliphatic hydroxyl groups is 4. The van der Waals surface area contributed by atoms with Crippen LogP contribution in [0.5, 0.6) is 0 Å². The van der Waals surface area contributed by atoms with Crippen LogP contribution >= 0.6 is 12.4 Å². The normalized spacial score (nSPS) is 21.6. The Balaban J connectivity index is 0. The number of likely N-dealkylation sites (tertiary alicyclic amines) is 2. The van der Waals surface area contributed by atoms with Gasteiger partial charge in [-0.15, -0.1) is 25.6 Å². The number of carbonyl (C=O) groups is 1. The summed E-state index contributed by atoms with van der Waals surface area (Å²) in [6.45, 7) is 22.3. The molecule has 16 heteroatoms. The Morgan fingerprint density at radius 2 is 1.40 bits per heavy atom. The number of quaternary nitrogens is 1.